The van der Waals surface area contributed by atoms with Crippen molar-refractivity contribution >= 4 is 17.4 Å². The van der Waals surface area contributed by atoms with E-state index in [1.807, 2.05) is 11.9 Å². The van der Waals surface area contributed by atoms with E-state index in [0.717, 1.165) is 70.2 Å². The summed E-state index contributed by atoms with van der Waals surface area (Å²) in [7, 11) is 1.95. The zero-order valence-corrected chi connectivity index (χ0v) is 20.4. The van der Waals surface area contributed by atoms with Gasteiger partial charge in [-0.05, 0) is 43.9 Å². The first-order valence-electron chi connectivity index (χ1n) is 12.4. The van der Waals surface area contributed by atoms with Crippen LogP contribution in [-0.2, 0) is 30.7 Å². The third-order valence-corrected chi connectivity index (χ3v) is 7.50. The normalized spacial score (nSPS) is 20.3. The molecule has 0 bridgehead atoms. The second-order valence-corrected chi connectivity index (χ2v) is 10.0. The van der Waals surface area contributed by atoms with Gasteiger partial charge in [0.05, 0.1) is 5.69 Å². The maximum absolute atomic E-state index is 11.7. The van der Waals surface area contributed by atoms with Crippen LogP contribution in [0.5, 0.6) is 0 Å². The summed E-state index contributed by atoms with van der Waals surface area (Å²) in [6, 6.07) is 7.58. The number of aromatic nitrogens is 2. The zero-order chi connectivity index (χ0) is 23.1. The summed E-state index contributed by atoms with van der Waals surface area (Å²) in [6.45, 7) is 11.7. The summed E-state index contributed by atoms with van der Waals surface area (Å²) >= 11 is 0. The molecule has 7 heteroatoms. The van der Waals surface area contributed by atoms with Crippen molar-refractivity contribution in [3.8, 4) is 0 Å². The standard InChI is InChI=1S/C26H36N6O/c1-17(2)32-12-8-20-13-19(5-6-24(20)32)14-30-10-9-23-22(16-30)26(27-4)29-25(28-23)21-7-11-31(15-21)18(3)33/h5-6,13,17,21H,7-12,14-16H2,1-4H3,(H,27,28,29)/t21-/m1/s1. The number of amides is 1. The van der Waals surface area contributed by atoms with Gasteiger partial charge in [-0.1, -0.05) is 12.1 Å². The third-order valence-electron chi connectivity index (χ3n) is 7.50. The molecule has 3 aliphatic rings. The number of carbonyl (C=O) groups is 1. The van der Waals surface area contributed by atoms with E-state index in [4.69, 9.17) is 9.97 Å². The van der Waals surface area contributed by atoms with Crippen LogP contribution < -0.4 is 10.2 Å². The number of hydrogen-bond acceptors (Lipinski definition) is 6. The molecule has 5 rings (SSSR count). The number of fused-ring (bicyclic) bond motifs is 2. The fourth-order valence-corrected chi connectivity index (χ4v) is 5.64. The molecule has 1 amide bonds. The lowest BCUT2D eigenvalue weighted by Gasteiger charge is -2.30. The van der Waals surface area contributed by atoms with Crippen LogP contribution in [0.2, 0.25) is 0 Å². The molecule has 33 heavy (non-hydrogen) atoms. The Balaban J connectivity index is 1.31. The van der Waals surface area contributed by atoms with E-state index in [2.05, 4.69) is 47.2 Å². The predicted molar refractivity (Wildman–Crippen MR) is 132 cm³/mol. The Bertz CT molecular complexity index is 1030. The highest BCUT2D eigenvalue weighted by Gasteiger charge is 2.30. The van der Waals surface area contributed by atoms with Crippen LogP contribution in [0.3, 0.4) is 0 Å². The second kappa shape index (κ2) is 8.93. The number of nitrogens with zero attached hydrogens (tertiary/aromatic N) is 5. The number of rotatable bonds is 5. The van der Waals surface area contributed by atoms with E-state index in [9.17, 15) is 4.79 Å². The van der Waals surface area contributed by atoms with Crippen LogP contribution in [0, 0.1) is 0 Å². The maximum atomic E-state index is 11.7. The van der Waals surface area contributed by atoms with Crippen molar-refractivity contribution in [3.63, 3.8) is 0 Å². The second-order valence-electron chi connectivity index (χ2n) is 10.0. The lowest BCUT2D eigenvalue weighted by atomic mass is 10.0. The largest absolute Gasteiger partial charge is 0.373 e. The van der Waals surface area contributed by atoms with Crippen molar-refractivity contribution in [1.29, 1.82) is 0 Å². The number of hydrogen-bond donors (Lipinski definition) is 1. The molecule has 1 aromatic heterocycles. The molecule has 1 aromatic carbocycles. The van der Waals surface area contributed by atoms with Gasteiger partial charge in [0.25, 0.3) is 0 Å². The number of anilines is 2. The monoisotopic (exact) mass is 448 g/mol. The van der Waals surface area contributed by atoms with Gasteiger partial charge in [-0.3, -0.25) is 9.69 Å². The summed E-state index contributed by atoms with van der Waals surface area (Å²) in [4.78, 5) is 28.6. The Morgan fingerprint density at radius 1 is 1.18 bits per heavy atom. The molecule has 0 spiro atoms. The molecule has 1 fully saturated rings. The average Bonchev–Trinajstić information content (AvgIpc) is 3.46. The van der Waals surface area contributed by atoms with Crippen LogP contribution in [0.25, 0.3) is 0 Å². The molecule has 2 aromatic rings. The smallest absolute Gasteiger partial charge is 0.219 e. The molecule has 7 nitrogen and oxygen atoms in total. The lowest BCUT2D eigenvalue weighted by molar-refractivity contribution is -0.127. The van der Waals surface area contributed by atoms with Gasteiger partial charge in [-0.15, -0.1) is 0 Å². The van der Waals surface area contributed by atoms with Crippen molar-refractivity contribution in [2.75, 3.05) is 43.4 Å². The molecule has 0 radical (unpaired) electrons. The molecule has 4 heterocycles. The Labute approximate surface area is 197 Å². The fourth-order valence-electron chi connectivity index (χ4n) is 5.64. The Morgan fingerprint density at radius 3 is 2.76 bits per heavy atom. The molecule has 0 unspecified atom stereocenters. The van der Waals surface area contributed by atoms with Gasteiger partial charge in [0, 0.05) is 82.9 Å². The van der Waals surface area contributed by atoms with Crippen LogP contribution >= 0.6 is 0 Å². The molecule has 1 N–H and O–H groups in total. The van der Waals surface area contributed by atoms with E-state index >= 15 is 0 Å². The Hall–Kier alpha value is -2.67. The first-order chi connectivity index (χ1) is 15.9. The molecule has 1 saturated heterocycles. The summed E-state index contributed by atoms with van der Waals surface area (Å²) in [6.07, 6.45) is 3.03. The van der Waals surface area contributed by atoms with E-state index in [1.54, 1.807) is 6.92 Å². The highest BCUT2D eigenvalue weighted by Crippen LogP contribution is 2.33. The number of carbonyl (C=O) groups excluding carboxylic acids is 1. The average molecular weight is 449 g/mol. The first kappa shape index (κ1) is 22.1. The molecule has 1 atom stereocenters. The van der Waals surface area contributed by atoms with Gasteiger partial charge in [0.1, 0.15) is 11.6 Å². The van der Waals surface area contributed by atoms with E-state index in [1.165, 1.54) is 28.1 Å². The highest BCUT2D eigenvalue weighted by atomic mass is 16.2. The van der Waals surface area contributed by atoms with Crippen LogP contribution in [0.4, 0.5) is 11.5 Å². The topological polar surface area (TPSA) is 64.6 Å². The molecule has 176 valence electrons. The van der Waals surface area contributed by atoms with Crippen LogP contribution in [0.15, 0.2) is 18.2 Å². The summed E-state index contributed by atoms with van der Waals surface area (Å²) in [5.41, 5.74) is 6.68. The first-order valence-corrected chi connectivity index (χ1v) is 12.4. The number of nitrogens with one attached hydrogen (secondary N) is 1. The molecule has 0 aliphatic carbocycles. The summed E-state index contributed by atoms with van der Waals surface area (Å²) in [5, 5.41) is 3.32. The van der Waals surface area contributed by atoms with Gasteiger partial charge in [-0.2, -0.15) is 0 Å². The number of likely N-dealkylation sites (tertiary alicyclic amines) is 1. The molecule has 0 saturated carbocycles. The van der Waals surface area contributed by atoms with Crippen molar-refractivity contribution in [2.24, 2.45) is 0 Å². The predicted octanol–water partition coefficient (Wildman–Crippen LogP) is 3.18. The van der Waals surface area contributed by atoms with Crippen molar-refractivity contribution in [1.82, 2.24) is 19.8 Å². The van der Waals surface area contributed by atoms with Gasteiger partial charge in [-0.25, -0.2) is 9.97 Å². The van der Waals surface area contributed by atoms with E-state index in [-0.39, 0.29) is 11.8 Å². The minimum atomic E-state index is 0.142. The fraction of sp³-hybridized carbons (Fsp3) is 0.577. The quantitative estimate of drug-likeness (QED) is 0.758. The van der Waals surface area contributed by atoms with Crippen molar-refractivity contribution in [2.45, 2.75) is 65.1 Å². The van der Waals surface area contributed by atoms with E-state index in [0.29, 0.717) is 6.04 Å². The summed E-state index contributed by atoms with van der Waals surface area (Å²) < 4.78 is 0. The lowest BCUT2D eigenvalue weighted by Crippen LogP contribution is -2.32. The maximum Gasteiger partial charge on any atom is 0.219 e. The Kier molecular flexibility index (Phi) is 5.99. The third kappa shape index (κ3) is 4.31. The molecular weight excluding hydrogens is 412 g/mol. The van der Waals surface area contributed by atoms with Crippen LogP contribution in [-0.4, -0.2) is 64.9 Å². The van der Waals surface area contributed by atoms with Gasteiger partial charge in [0.15, 0.2) is 0 Å². The van der Waals surface area contributed by atoms with Gasteiger partial charge < -0.3 is 15.1 Å². The van der Waals surface area contributed by atoms with Gasteiger partial charge in [0.2, 0.25) is 5.91 Å². The SMILES string of the molecule is CNc1nc([C@@H]2CCN(C(C)=O)C2)nc2c1CN(Cc1ccc3c(c1)CCN3C(C)C)CC2. The number of benzene rings is 1. The van der Waals surface area contributed by atoms with Crippen LogP contribution in [0.1, 0.15) is 61.3 Å². The molecule has 3 aliphatic heterocycles. The van der Waals surface area contributed by atoms with Crippen molar-refractivity contribution in [3.05, 3.63) is 46.4 Å². The van der Waals surface area contributed by atoms with Gasteiger partial charge >= 0.3 is 0 Å². The van der Waals surface area contributed by atoms with Crippen molar-refractivity contribution < 1.29 is 4.79 Å². The minimum Gasteiger partial charge on any atom is -0.373 e. The minimum absolute atomic E-state index is 0.142. The van der Waals surface area contributed by atoms with E-state index < -0.39 is 0 Å². The Morgan fingerprint density at radius 2 is 2.03 bits per heavy atom. The summed E-state index contributed by atoms with van der Waals surface area (Å²) in [5.74, 6) is 2.22. The zero-order valence-electron chi connectivity index (χ0n) is 20.4. The highest BCUT2D eigenvalue weighted by molar-refractivity contribution is 5.73. The molecular formula is C26H36N6O.